The van der Waals surface area contributed by atoms with Crippen LogP contribution >= 0.6 is 31.9 Å². The Hall–Kier alpha value is -1.67. The number of hydrogen-bond acceptors (Lipinski definition) is 3. The van der Waals surface area contributed by atoms with Gasteiger partial charge in [0.05, 0.1) is 4.47 Å². The van der Waals surface area contributed by atoms with E-state index in [0.29, 0.717) is 15.9 Å². The fourth-order valence-electron chi connectivity index (χ4n) is 1.65. The minimum absolute atomic E-state index is 0.0213. The third kappa shape index (κ3) is 5.80. The van der Waals surface area contributed by atoms with Gasteiger partial charge in [0.1, 0.15) is 11.5 Å². The Kier molecular flexibility index (Phi) is 6.35. The molecule has 0 heterocycles. The summed E-state index contributed by atoms with van der Waals surface area (Å²) in [5, 5.41) is 2.59. The quantitative estimate of drug-likeness (QED) is 0.685. The van der Waals surface area contributed by atoms with Gasteiger partial charge in [0, 0.05) is 10.2 Å². The third-order valence-corrected chi connectivity index (χ3v) is 3.73. The summed E-state index contributed by atoms with van der Waals surface area (Å²) in [6, 6.07) is 10.9. The van der Waals surface area contributed by atoms with E-state index in [1.165, 1.54) is 24.3 Å². The monoisotopic (exact) mass is 449 g/mol. The van der Waals surface area contributed by atoms with Crippen LogP contribution < -0.4 is 14.8 Å². The van der Waals surface area contributed by atoms with Crippen molar-refractivity contribution in [2.45, 2.75) is 6.61 Å². The molecule has 2 aromatic carbocycles. The van der Waals surface area contributed by atoms with E-state index in [1.807, 2.05) is 0 Å². The second-order valence-corrected chi connectivity index (χ2v) is 6.08. The molecule has 0 aromatic heterocycles. The molecule has 2 rings (SSSR count). The number of alkyl halides is 2. The molecule has 0 aliphatic heterocycles. The van der Waals surface area contributed by atoms with Crippen LogP contribution in [0.4, 0.5) is 14.5 Å². The van der Waals surface area contributed by atoms with Crippen LogP contribution in [0.5, 0.6) is 11.5 Å². The predicted octanol–water partition coefficient (Wildman–Crippen LogP) is 4.83. The van der Waals surface area contributed by atoms with Crippen LogP contribution in [0.3, 0.4) is 0 Å². The number of nitrogens with one attached hydrogen (secondary N) is 1. The van der Waals surface area contributed by atoms with Gasteiger partial charge in [-0.15, -0.1) is 0 Å². The molecule has 1 N–H and O–H groups in total. The van der Waals surface area contributed by atoms with Gasteiger partial charge in [-0.3, -0.25) is 4.79 Å². The number of hydrogen-bond donors (Lipinski definition) is 1. The molecule has 122 valence electrons. The molecule has 0 saturated heterocycles. The van der Waals surface area contributed by atoms with Crippen LogP contribution in [-0.4, -0.2) is 19.1 Å². The maximum atomic E-state index is 12.0. The topological polar surface area (TPSA) is 47.6 Å². The largest absolute Gasteiger partial charge is 0.483 e. The van der Waals surface area contributed by atoms with Crippen LogP contribution in [0.25, 0.3) is 0 Å². The zero-order chi connectivity index (χ0) is 16.8. The van der Waals surface area contributed by atoms with Crippen molar-refractivity contribution in [3.8, 4) is 11.5 Å². The van der Waals surface area contributed by atoms with Crippen LogP contribution in [0, 0.1) is 0 Å². The molecule has 0 fully saturated rings. The Bertz CT molecular complexity index is 681. The van der Waals surface area contributed by atoms with E-state index in [1.54, 1.807) is 18.2 Å². The van der Waals surface area contributed by atoms with Crippen molar-refractivity contribution in [3.05, 3.63) is 51.4 Å². The van der Waals surface area contributed by atoms with E-state index in [4.69, 9.17) is 4.74 Å². The number of carbonyl (C=O) groups is 1. The Morgan fingerprint density at radius 2 is 1.83 bits per heavy atom. The first-order valence-corrected chi connectivity index (χ1v) is 7.95. The van der Waals surface area contributed by atoms with E-state index in [2.05, 4.69) is 41.9 Å². The summed E-state index contributed by atoms with van der Waals surface area (Å²) in [4.78, 5) is 11.8. The molecule has 0 radical (unpaired) electrons. The van der Waals surface area contributed by atoms with E-state index in [-0.39, 0.29) is 18.3 Å². The normalized spacial score (nSPS) is 10.5. The number of amides is 1. The highest BCUT2D eigenvalue weighted by molar-refractivity contribution is 9.11. The fourth-order valence-corrected chi connectivity index (χ4v) is 2.81. The molecule has 0 saturated carbocycles. The average molecular weight is 451 g/mol. The lowest BCUT2D eigenvalue weighted by atomic mass is 10.3. The lowest BCUT2D eigenvalue weighted by molar-refractivity contribution is -0.118. The van der Waals surface area contributed by atoms with E-state index >= 15 is 0 Å². The summed E-state index contributed by atoms with van der Waals surface area (Å²) in [5.41, 5.74) is 0.454. The lowest BCUT2D eigenvalue weighted by Crippen LogP contribution is -2.20. The molecule has 23 heavy (non-hydrogen) atoms. The van der Waals surface area contributed by atoms with Gasteiger partial charge in [0.15, 0.2) is 6.61 Å². The van der Waals surface area contributed by atoms with E-state index in [0.717, 1.165) is 4.47 Å². The fraction of sp³-hybridized carbons (Fsp3) is 0.133. The number of ether oxygens (including phenoxy) is 2. The SMILES string of the molecule is O=C(COc1ccc(Br)cc1Br)Nc1ccc(OC(F)F)cc1. The highest BCUT2D eigenvalue weighted by Gasteiger charge is 2.08. The number of rotatable bonds is 6. The summed E-state index contributed by atoms with van der Waals surface area (Å²) >= 11 is 6.65. The maximum Gasteiger partial charge on any atom is 0.387 e. The number of halogens is 4. The molecule has 2 aromatic rings. The zero-order valence-corrected chi connectivity index (χ0v) is 14.7. The molecule has 1 amide bonds. The minimum Gasteiger partial charge on any atom is -0.483 e. The summed E-state index contributed by atoms with van der Waals surface area (Å²) in [6.07, 6.45) is 0. The van der Waals surface area contributed by atoms with Crippen molar-refractivity contribution in [2.75, 3.05) is 11.9 Å². The second-order valence-electron chi connectivity index (χ2n) is 4.31. The molecular formula is C15H11Br2F2NO3. The Labute approximate surface area is 148 Å². The van der Waals surface area contributed by atoms with Crippen LogP contribution in [-0.2, 0) is 4.79 Å². The van der Waals surface area contributed by atoms with Crippen LogP contribution in [0.1, 0.15) is 0 Å². The summed E-state index contributed by atoms with van der Waals surface area (Å²) in [6.45, 7) is -3.07. The Morgan fingerprint density at radius 3 is 2.43 bits per heavy atom. The van der Waals surface area contributed by atoms with Gasteiger partial charge in [-0.25, -0.2) is 0 Å². The number of anilines is 1. The van der Waals surface area contributed by atoms with Gasteiger partial charge in [-0.1, -0.05) is 15.9 Å². The van der Waals surface area contributed by atoms with Gasteiger partial charge in [-0.2, -0.15) is 8.78 Å². The van der Waals surface area contributed by atoms with E-state index < -0.39 is 6.61 Å². The van der Waals surface area contributed by atoms with E-state index in [9.17, 15) is 13.6 Å². The van der Waals surface area contributed by atoms with Crippen molar-refractivity contribution in [1.82, 2.24) is 0 Å². The lowest BCUT2D eigenvalue weighted by Gasteiger charge is -2.10. The molecule has 4 nitrogen and oxygen atoms in total. The van der Waals surface area contributed by atoms with Gasteiger partial charge >= 0.3 is 6.61 Å². The van der Waals surface area contributed by atoms with Gasteiger partial charge < -0.3 is 14.8 Å². The van der Waals surface area contributed by atoms with Gasteiger partial charge in [0.2, 0.25) is 0 Å². The van der Waals surface area contributed by atoms with Crippen LogP contribution in [0.15, 0.2) is 51.4 Å². The molecule has 0 spiro atoms. The summed E-state index contributed by atoms with van der Waals surface area (Å²) in [7, 11) is 0. The smallest absolute Gasteiger partial charge is 0.387 e. The zero-order valence-electron chi connectivity index (χ0n) is 11.6. The average Bonchev–Trinajstić information content (AvgIpc) is 2.48. The highest BCUT2D eigenvalue weighted by atomic mass is 79.9. The molecule has 0 bridgehead atoms. The van der Waals surface area contributed by atoms with Crippen molar-refractivity contribution < 1.29 is 23.0 Å². The standard InChI is InChI=1S/C15H11Br2F2NO3/c16-9-1-6-13(12(17)7-9)22-8-14(21)20-10-2-4-11(5-3-10)23-15(18)19/h1-7,15H,8H2,(H,20,21). The molecule has 0 unspecified atom stereocenters. The van der Waals surface area contributed by atoms with Gasteiger partial charge in [0.25, 0.3) is 5.91 Å². The second kappa shape index (κ2) is 8.26. The first kappa shape index (κ1) is 17.7. The van der Waals surface area contributed by atoms with Crippen LogP contribution in [0.2, 0.25) is 0 Å². The number of carbonyl (C=O) groups excluding carboxylic acids is 1. The number of benzene rings is 2. The van der Waals surface area contributed by atoms with Gasteiger partial charge in [-0.05, 0) is 58.4 Å². The molecular weight excluding hydrogens is 440 g/mol. The first-order valence-electron chi connectivity index (χ1n) is 6.36. The Morgan fingerprint density at radius 1 is 1.13 bits per heavy atom. The molecule has 0 aliphatic carbocycles. The minimum atomic E-state index is -2.88. The molecule has 8 heteroatoms. The summed E-state index contributed by atoms with van der Waals surface area (Å²) < 4.78 is 35.3. The van der Waals surface area contributed by atoms with Crippen molar-refractivity contribution in [2.24, 2.45) is 0 Å². The predicted molar refractivity (Wildman–Crippen MR) is 89.0 cm³/mol. The highest BCUT2D eigenvalue weighted by Crippen LogP contribution is 2.28. The molecule has 0 atom stereocenters. The summed E-state index contributed by atoms with van der Waals surface area (Å²) in [5.74, 6) is 0.180. The first-order chi connectivity index (χ1) is 10.9. The van der Waals surface area contributed by atoms with Crippen molar-refractivity contribution in [1.29, 1.82) is 0 Å². The van der Waals surface area contributed by atoms with Crippen molar-refractivity contribution >= 4 is 43.5 Å². The maximum absolute atomic E-state index is 12.0. The Balaban J connectivity index is 1.87. The third-order valence-electron chi connectivity index (χ3n) is 2.62. The molecule has 0 aliphatic rings. The van der Waals surface area contributed by atoms with Crippen molar-refractivity contribution in [3.63, 3.8) is 0 Å².